The van der Waals surface area contributed by atoms with Gasteiger partial charge < -0.3 is 14.0 Å². The standard InChI is InChI=1S/C22H22N4O3S3/c1-4-26-20(13-31-22-23-16-7-5-6-8-19(16)32-22)24-25-21(26)30-12-17(27)15-10-9-14(28-2)11-18(15)29-3/h5-11H,4,12-13H2,1-3H3. The summed E-state index contributed by atoms with van der Waals surface area (Å²) in [5, 5.41) is 9.41. The first kappa shape index (κ1) is 22.6. The molecule has 0 saturated heterocycles. The number of thioether (sulfide) groups is 2. The molecule has 7 nitrogen and oxygen atoms in total. The van der Waals surface area contributed by atoms with Crippen molar-refractivity contribution in [1.82, 2.24) is 19.7 Å². The predicted molar refractivity (Wildman–Crippen MR) is 129 cm³/mol. The van der Waals surface area contributed by atoms with Crippen LogP contribution < -0.4 is 9.47 Å². The van der Waals surface area contributed by atoms with Gasteiger partial charge in [0.15, 0.2) is 15.3 Å². The number of ketones is 1. The lowest BCUT2D eigenvalue weighted by Gasteiger charge is -2.10. The van der Waals surface area contributed by atoms with Crippen LogP contribution in [0.15, 0.2) is 52.0 Å². The minimum absolute atomic E-state index is 0.0365. The van der Waals surface area contributed by atoms with Crippen LogP contribution in [0.1, 0.15) is 23.1 Å². The summed E-state index contributed by atoms with van der Waals surface area (Å²) in [4.78, 5) is 17.5. The fraction of sp³-hybridized carbons (Fsp3) is 0.273. The van der Waals surface area contributed by atoms with Crippen molar-refractivity contribution in [2.45, 2.75) is 28.7 Å². The lowest BCUT2D eigenvalue weighted by atomic mass is 10.1. The van der Waals surface area contributed by atoms with E-state index >= 15 is 0 Å². The third-order valence-electron chi connectivity index (χ3n) is 4.75. The molecule has 4 rings (SSSR count). The van der Waals surface area contributed by atoms with E-state index in [-0.39, 0.29) is 11.5 Å². The number of ether oxygens (including phenoxy) is 2. The molecule has 0 bridgehead atoms. The van der Waals surface area contributed by atoms with Crippen molar-refractivity contribution in [3.05, 3.63) is 53.9 Å². The molecule has 0 atom stereocenters. The average Bonchev–Trinajstić information content (AvgIpc) is 3.43. The summed E-state index contributed by atoms with van der Waals surface area (Å²) in [6.45, 7) is 2.78. The van der Waals surface area contributed by atoms with Gasteiger partial charge in [-0.25, -0.2) is 4.98 Å². The monoisotopic (exact) mass is 486 g/mol. The Labute approximate surface area is 198 Å². The van der Waals surface area contributed by atoms with E-state index in [0.29, 0.717) is 22.8 Å². The lowest BCUT2D eigenvalue weighted by Crippen LogP contribution is -2.07. The molecule has 166 valence electrons. The maximum absolute atomic E-state index is 12.8. The highest BCUT2D eigenvalue weighted by Gasteiger charge is 2.17. The summed E-state index contributed by atoms with van der Waals surface area (Å²) in [6, 6.07) is 13.3. The number of carbonyl (C=O) groups is 1. The zero-order chi connectivity index (χ0) is 22.5. The number of fused-ring (bicyclic) bond motifs is 1. The Balaban J connectivity index is 1.42. The maximum Gasteiger partial charge on any atom is 0.191 e. The van der Waals surface area contributed by atoms with Gasteiger partial charge >= 0.3 is 0 Å². The second-order valence-electron chi connectivity index (χ2n) is 6.66. The number of methoxy groups -OCH3 is 2. The summed E-state index contributed by atoms with van der Waals surface area (Å²) in [5.74, 6) is 2.89. The minimum Gasteiger partial charge on any atom is -0.497 e. The highest BCUT2D eigenvalue weighted by Crippen LogP contribution is 2.32. The summed E-state index contributed by atoms with van der Waals surface area (Å²) in [5.41, 5.74) is 1.54. The molecular weight excluding hydrogens is 464 g/mol. The number of rotatable bonds is 10. The van der Waals surface area contributed by atoms with Crippen molar-refractivity contribution >= 4 is 50.9 Å². The first-order valence-electron chi connectivity index (χ1n) is 9.91. The van der Waals surface area contributed by atoms with Crippen LogP contribution in [0, 0.1) is 0 Å². The molecule has 0 unspecified atom stereocenters. The van der Waals surface area contributed by atoms with E-state index in [4.69, 9.17) is 9.47 Å². The van der Waals surface area contributed by atoms with Crippen LogP contribution in [0.4, 0.5) is 0 Å². The third-order valence-corrected chi connectivity index (χ3v) is 7.89. The van der Waals surface area contributed by atoms with Gasteiger partial charge in [0, 0.05) is 12.6 Å². The highest BCUT2D eigenvalue weighted by atomic mass is 32.2. The predicted octanol–water partition coefficient (Wildman–Crippen LogP) is 5.19. The first-order valence-corrected chi connectivity index (χ1v) is 12.7. The zero-order valence-corrected chi connectivity index (χ0v) is 20.4. The Morgan fingerprint density at radius 2 is 1.94 bits per heavy atom. The van der Waals surface area contributed by atoms with Crippen molar-refractivity contribution in [1.29, 1.82) is 0 Å². The van der Waals surface area contributed by atoms with E-state index in [1.807, 2.05) is 29.7 Å². The van der Waals surface area contributed by atoms with E-state index in [0.717, 1.165) is 27.4 Å². The normalized spacial score (nSPS) is 11.1. The summed E-state index contributed by atoms with van der Waals surface area (Å²) < 4.78 is 14.8. The van der Waals surface area contributed by atoms with Crippen molar-refractivity contribution < 1.29 is 14.3 Å². The Morgan fingerprint density at radius 3 is 2.69 bits per heavy atom. The molecule has 2 aromatic carbocycles. The van der Waals surface area contributed by atoms with Gasteiger partial charge in [0.1, 0.15) is 17.3 Å². The number of Topliss-reactive ketones (excluding diaryl/α,β-unsaturated/α-hetero) is 1. The van der Waals surface area contributed by atoms with E-state index in [1.165, 1.54) is 16.5 Å². The van der Waals surface area contributed by atoms with Crippen molar-refractivity contribution in [2.24, 2.45) is 0 Å². The van der Waals surface area contributed by atoms with Gasteiger partial charge in [-0.15, -0.1) is 21.5 Å². The van der Waals surface area contributed by atoms with Crippen LogP contribution in [0.5, 0.6) is 11.5 Å². The second-order valence-corrected chi connectivity index (χ2v) is 9.85. The molecule has 2 aromatic heterocycles. The molecule has 32 heavy (non-hydrogen) atoms. The van der Waals surface area contributed by atoms with Gasteiger partial charge in [0.25, 0.3) is 0 Å². The molecular formula is C22H22N4O3S3. The van der Waals surface area contributed by atoms with Crippen LogP contribution in [-0.2, 0) is 12.3 Å². The van der Waals surface area contributed by atoms with Crippen molar-refractivity contribution in [3.8, 4) is 11.5 Å². The average molecular weight is 487 g/mol. The molecule has 0 amide bonds. The Morgan fingerprint density at radius 1 is 1.09 bits per heavy atom. The second kappa shape index (κ2) is 10.4. The number of para-hydroxylation sites is 1. The summed E-state index contributed by atoms with van der Waals surface area (Å²) in [6.07, 6.45) is 0. The van der Waals surface area contributed by atoms with E-state index < -0.39 is 0 Å². The first-order chi connectivity index (χ1) is 15.6. The fourth-order valence-corrected chi connectivity index (χ4v) is 6.04. The van der Waals surface area contributed by atoms with Gasteiger partial charge in [0.05, 0.1) is 41.5 Å². The number of aromatic nitrogens is 4. The van der Waals surface area contributed by atoms with Crippen LogP contribution in [-0.4, -0.2) is 45.5 Å². The van der Waals surface area contributed by atoms with Gasteiger partial charge in [0.2, 0.25) is 0 Å². The van der Waals surface area contributed by atoms with Crippen molar-refractivity contribution in [3.63, 3.8) is 0 Å². The number of benzene rings is 2. The Bertz CT molecular complexity index is 1210. The van der Waals surface area contributed by atoms with Gasteiger partial charge in [-0.3, -0.25) is 4.79 Å². The molecule has 0 saturated carbocycles. The van der Waals surface area contributed by atoms with Crippen LogP contribution in [0.2, 0.25) is 0 Å². The molecule has 0 N–H and O–H groups in total. The molecule has 0 aliphatic rings. The third kappa shape index (κ3) is 4.92. The number of carbonyl (C=O) groups excluding carboxylic acids is 1. The maximum atomic E-state index is 12.8. The molecule has 0 aliphatic carbocycles. The van der Waals surface area contributed by atoms with Crippen LogP contribution in [0.25, 0.3) is 10.2 Å². The molecule has 2 heterocycles. The highest BCUT2D eigenvalue weighted by molar-refractivity contribution is 8.00. The Hall–Kier alpha value is -2.56. The molecule has 0 fully saturated rings. The molecule has 0 spiro atoms. The van der Waals surface area contributed by atoms with Gasteiger partial charge in [-0.2, -0.15) is 0 Å². The molecule has 0 aliphatic heterocycles. The number of hydrogen-bond donors (Lipinski definition) is 0. The van der Waals surface area contributed by atoms with Crippen molar-refractivity contribution in [2.75, 3.05) is 20.0 Å². The zero-order valence-electron chi connectivity index (χ0n) is 17.9. The number of hydrogen-bond acceptors (Lipinski definition) is 9. The topological polar surface area (TPSA) is 79.1 Å². The quantitative estimate of drug-likeness (QED) is 0.224. The largest absolute Gasteiger partial charge is 0.497 e. The van der Waals surface area contributed by atoms with E-state index in [1.54, 1.807) is 55.5 Å². The smallest absolute Gasteiger partial charge is 0.191 e. The van der Waals surface area contributed by atoms with Gasteiger partial charge in [-0.05, 0) is 31.2 Å². The summed E-state index contributed by atoms with van der Waals surface area (Å²) in [7, 11) is 3.12. The van der Waals surface area contributed by atoms with Crippen LogP contribution in [0.3, 0.4) is 0 Å². The molecule has 4 aromatic rings. The Kier molecular flexibility index (Phi) is 7.33. The van der Waals surface area contributed by atoms with Crippen LogP contribution >= 0.6 is 34.9 Å². The number of thiazole rings is 1. The molecule has 10 heteroatoms. The lowest BCUT2D eigenvalue weighted by molar-refractivity contribution is 0.101. The fourth-order valence-electron chi connectivity index (χ4n) is 3.13. The van der Waals surface area contributed by atoms with Gasteiger partial charge in [-0.1, -0.05) is 35.7 Å². The van der Waals surface area contributed by atoms with E-state index in [9.17, 15) is 4.79 Å². The summed E-state index contributed by atoms with van der Waals surface area (Å²) >= 11 is 4.71. The SMILES string of the molecule is CCn1c(CSc2nc3ccccc3s2)nnc1SCC(=O)c1ccc(OC)cc1OC. The molecule has 0 radical (unpaired) electrons. The van der Waals surface area contributed by atoms with E-state index in [2.05, 4.69) is 21.2 Å². The number of nitrogens with zero attached hydrogens (tertiary/aromatic N) is 4. The minimum atomic E-state index is -0.0365.